The molecule has 0 heterocycles. The number of rotatable bonds is 8. The Kier molecular flexibility index (Phi) is 8.32. The Morgan fingerprint density at radius 1 is 1.03 bits per heavy atom. The molecule has 3 aromatic carbocycles. The van der Waals surface area contributed by atoms with Gasteiger partial charge in [-0.3, -0.25) is 14.1 Å². The predicted molar refractivity (Wildman–Crippen MR) is 136 cm³/mol. The molecule has 200 valence electrons. The van der Waals surface area contributed by atoms with Gasteiger partial charge in [0.1, 0.15) is 5.75 Å². The zero-order valence-corrected chi connectivity index (χ0v) is 21.2. The largest absolute Gasteiger partial charge is 0.451 e. The first-order valence-electron chi connectivity index (χ1n) is 10.4. The molecule has 0 aliphatic rings. The Hall–Kier alpha value is -4.10. The number of hydrogen-bond donors (Lipinski definition) is 5. The van der Waals surface area contributed by atoms with Crippen LogP contribution in [-0.2, 0) is 19.4 Å². The number of benzene rings is 3. The normalized spacial score (nSPS) is 12.1. The quantitative estimate of drug-likeness (QED) is 0.118. The average Bonchev–Trinajstić information content (AvgIpc) is 2.81. The molecule has 0 aromatic heterocycles. The maximum Gasteiger partial charge on any atom is 0.356 e. The van der Waals surface area contributed by atoms with Gasteiger partial charge in [0.2, 0.25) is 0 Å². The second-order valence-corrected chi connectivity index (χ2v) is 11.0. The molecular formula is C23H21F2N4O7PS. The Morgan fingerprint density at radius 2 is 1.58 bits per heavy atom. The summed E-state index contributed by atoms with van der Waals surface area (Å²) in [6.45, 7) is 1.36. The van der Waals surface area contributed by atoms with Crippen LogP contribution in [-0.4, -0.2) is 30.1 Å². The third kappa shape index (κ3) is 7.23. The van der Waals surface area contributed by atoms with E-state index in [1.807, 2.05) is 0 Å². The van der Waals surface area contributed by atoms with Crippen molar-refractivity contribution < 1.29 is 41.1 Å². The van der Waals surface area contributed by atoms with Crippen molar-refractivity contribution in [1.29, 1.82) is 0 Å². The molecule has 3 aromatic rings. The number of nitrogens with one attached hydrogen (secondary N) is 1. The van der Waals surface area contributed by atoms with Crippen molar-refractivity contribution in [2.45, 2.75) is 11.8 Å². The van der Waals surface area contributed by atoms with Gasteiger partial charge in [-0.15, -0.1) is 0 Å². The van der Waals surface area contributed by atoms with Gasteiger partial charge in [0, 0.05) is 11.3 Å². The van der Waals surface area contributed by atoms with Crippen LogP contribution in [0, 0.1) is 11.6 Å². The number of sulfonamides is 1. The van der Waals surface area contributed by atoms with Crippen LogP contribution in [0.1, 0.15) is 12.5 Å². The standard InChI is InChI=1S/C23H21F2N4O7PS/c1-13(22(30)28-23(26)27)10-14-11-19(24)21(20(25)12-14)36-16-4-8-18(9-5-16)38(34,35)29-15-2-6-17(7-3-15)37(31,32)33/h2-12,29H,1H3,(H2,31,32,33)(H4,26,27,28,30). The van der Waals surface area contributed by atoms with E-state index in [1.54, 1.807) is 0 Å². The van der Waals surface area contributed by atoms with E-state index in [1.165, 1.54) is 37.3 Å². The smallest absolute Gasteiger partial charge is 0.356 e. The number of amides is 1. The van der Waals surface area contributed by atoms with Crippen LogP contribution in [0.5, 0.6) is 11.5 Å². The highest BCUT2D eigenvalue weighted by molar-refractivity contribution is 7.92. The Morgan fingerprint density at radius 3 is 2.08 bits per heavy atom. The fourth-order valence-corrected chi connectivity index (χ4v) is 4.62. The number of carbonyl (C=O) groups is 1. The molecule has 0 radical (unpaired) electrons. The van der Waals surface area contributed by atoms with Crippen LogP contribution >= 0.6 is 7.60 Å². The number of aliphatic imine (C=N–C) groups is 1. The molecule has 7 N–H and O–H groups in total. The number of nitrogens with two attached hydrogens (primary N) is 2. The van der Waals surface area contributed by atoms with Crippen LogP contribution in [0.2, 0.25) is 0 Å². The molecule has 0 spiro atoms. The molecule has 1 amide bonds. The van der Waals surface area contributed by atoms with Crippen LogP contribution in [0.4, 0.5) is 14.5 Å². The summed E-state index contributed by atoms with van der Waals surface area (Å²) in [5.74, 6) is -4.25. The summed E-state index contributed by atoms with van der Waals surface area (Å²) in [6.07, 6.45) is 1.18. The van der Waals surface area contributed by atoms with E-state index in [2.05, 4.69) is 9.71 Å². The first-order chi connectivity index (χ1) is 17.7. The zero-order valence-electron chi connectivity index (χ0n) is 19.5. The summed E-state index contributed by atoms with van der Waals surface area (Å²) in [5.41, 5.74) is 10.3. The Labute approximate surface area is 215 Å². The highest BCUT2D eigenvalue weighted by atomic mass is 32.2. The summed E-state index contributed by atoms with van der Waals surface area (Å²) >= 11 is 0. The van der Waals surface area contributed by atoms with E-state index in [4.69, 9.17) is 26.0 Å². The molecule has 38 heavy (non-hydrogen) atoms. The zero-order chi connectivity index (χ0) is 28.3. The fraction of sp³-hybridized carbons (Fsp3) is 0.0435. The summed E-state index contributed by atoms with van der Waals surface area (Å²) < 4.78 is 73.1. The summed E-state index contributed by atoms with van der Waals surface area (Å²) in [7, 11) is -8.59. The van der Waals surface area contributed by atoms with Gasteiger partial charge >= 0.3 is 7.60 Å². The molecule has 11 nitrogen and oxygen atoms in total. The van der Waals surface area contributed by atoms with Crippen molar-refractivity contribution in [2.75, 3.05) is 4.72 Å². The molecule has 0 unspecified atom stereocenters. The number of ether oxygens (including phenoxy) is 1. The lowest BCUT2D eigenvalue weighted by molar-refractivity contribution is -0.114. The van der Waals surface area contributed by atoms with Gasteiger partial charge < -0.3 is 26.0 Å². The van der Waals surface area contributed by atoms with Gasteiger partial charge in [0.05, 0.1) is 10.2 Å². The molecule has 0 atom stereocenters. The minimum Gasteiger partial charge on any atom is -0.451 e. The van der Waals surface area contributed by atoms with Gasteiger partial charge in [0.15, 0.2) is 23.3 Å². The van der Waals surface area contributed by atoms with Crippen molar-refractivity contribution >= 4 is 46.6 Å². The minimum absolute atomic E-state index is 0.00494. The maximum atomic E-state index is 14.6. The van der Waals surface area contributed by atoms with Crippen molar-refractivity contribution in [3.63, 3.8) is 0 Å². The van der Waals surface area contributed by atoms with Crippen molar-refractivity contribution in [1.82, 2.24) is 0 Å². The van der Waals surface area contributed by atoms with Crippen LogP contribution in [0.15, 0.2) is 76.1 Å². The molecule has 0 aliphatic heterocycles. The number of hydrogen-bond acceptors (Lipinski definition) is 5. The Bertz CT molecular complexity index is 1560. The van der Waals surface area contributed by atoms with E-state index >= 15 is 0 Å². The summed E-state index contributed by atoms with van der Waals surface area (Å²) in [5, 5.41) is -0.278. The second-order valence-electron chi connectivity index (χ2n) is 7.75. The van der Waals surface area contributed by atoms with Gasteiger partial charge in [0.25, 0.3) is 15.9 Å². The van der Waals surface area contributed by atoms with Gasteiger partial charge in [-0.1, -0.05) is 0 Å². The molecule has 0 aliphatic carbocycles. The van der Waals surface area contributed by atoms with E-state index in [-0.39, 0.29) is 32.8 Å². The lowest BCUT2D eigenvalue weighted by atomic mass is 10.1. The third-order valence-electron chi connectivity index (χ3n) is 4.78. The number of guanidine groups is 1. The van der Waals surface area contributed by atoms with E-state index in [0.717, 1.165) is 36.4 Å². The number of halogens is 2. The molecule has 15 heteroatoms. The van der Waals surface area contributed by atoms with E-state index in [0.29, 0.717) is 0 Å². The summed E-state index contributed by atoms with van der Waals surface area (Å²) in [4.78, 5) is 33.2. The Balaban J connectivity index is 1.76. The highest BCUT2D eigenvalue weighted by Crippen LogP contribution is 2.34. The van der Waals surface area contributed by atoms with Crippen molar-refractivity contribution in [3.05, 3.63) is 83.4 Å². The van der Waals surface area contributed by atoms with Gasteiger partial charge in [-0.05, 0) is 79.2 Å². The van der Waals surface area contributed by atoms with Gasteiger partial charge in [-0.2, -0.15) is 4.99 Å². The SMILES string of the molecule is CC(=Cc1cc(F)c(Oc2ccc(S(=O)(=O)Nc3ccc(P(=O)(O)O)cc3)cc2)c(F)c1)C(=O)N=C(N)N. The first-order valence-corrected chi connectivity index (χ1v) is 13.5. The maximum absolute atomic E-state index is 14.6. The average molecular weight is 566 g/mol. The van der Waals surface area contributed by atoms with Crippen molar-refractivity contribution in [3.8, 4) is 11.5 Å². The fourth-order valence-electron chi connectivity index (χ4n) is 3.02. The van der Waals surface area contributed by atoms with Crippen LogP contribution in [0.25, 0.3) is 6.08 Å². The molecule has 0 fully saturated rings. The van der Waals surface area contributed by atoms with Crippen LogP contribution in [0.3, 0.4) is 0 Å². The second kappa shape index (κ2) is 11.1. The van der Waals surface area contributed by atoms with E-state index < -0.39 is 46.9 Å². The summed E-state index contributed by atoms with van der Waals surface area (Å²) in [6, 6.07) is 11.0. The molecule has 3 rings (SSSR count). The third-order valence-corrected chi connectivity index (χ3v) is 7.15. The van der Waals surface area contributed by atoms with Crippen LogP contribution < -0.4 is 26.2 Å². The topological polar surface area (TPSA) is 194 Å². The monoisotopic (exact) mass is 566 g/mol. The minimum atomic E-state index is -4.48. The number of nitrogens with zero attached hydrogens (tertiary/aromatic N) is 1. The molecule has 0 bridgehead atoms. The van der Waals surface area contributed by atoms with Crippen molar-refractivity contribution in [2.24, 2.45) is 16.5 Å². The lowest BCUT2D eigenvalue weighted by Gasteiger charge is -2.11. The highest BCUT2D eigenvalue weighted by Gasteiger charge is 2.19. The molecular weight excluding hydrogens is 545 g/mol. The van der Waals surface area contributed by atoms with E-state index in [9.17, 15) is 26.6 Å². The molecule has 0 saturated carbocycles. The number of anilines is 1. The molecule has 0 saturated heterocycles. The van der Waals surface area contributed by atoms with Gasteiger partial charge in [-0.25, -0.2) is 17.2 Å². The number of carbonyl (C=O) groups excluding carboxylic acids is 1. The lowest BCUT2D eigenvalue weighted by Crippen LogP contribution is -2.24. The predicted octanol–water partition coefficient (Wildman–Crippen LogP) is 2.56. The first kappa shape index (κ1) is 28.5.